The molecule has 0 unspecified atom stereocenters. The van der Waals surface area contributed by atoms with E-state index in [1.807, 2.05) is 0 Å². The molecule has 132 valence electrons. The molecule has 0 spiro atoms. The lowest BCUT2D eigenvalue weighted by Crippen LogP contribution is -2.20. The van der Waals surface area contributed by atoms with Gasteiger partial charge in [-0.15, -0.1) is 0 Å². The van der Waals surface area contributed by atoms with E-state index in [1.54, 1.807) is 37.4 Å². The van der Waals surface area contributed by atoms with E-state index in [4.69, 9.17) is 19.9 Å². The number of carbonyl (C=O) groups is 2. The highest BCUT2D eigenvalue weighted by molar-refractivity contribution is 5.95. The summed E-state index contributed by atoms with van der Waals surface area (Å²) >= 11 is 0. The predicted octanol–water partition coefficient (Wildman–Crippen LogP) is 2.51. The molecule has 0 saturated heterocycles. The molecule has 0 bridgehead atoms. The summed E-state index contributed by atoms with van der Waals surface area (Å²) in [6.07, 6.45) is 0. The van der Waals surface area contributed by atoms with E-state index in [2.05, 4.69) is 5.32 Å². The molecule has 2 aromatic carbocycles. The molecular weight excluding hydrogens is 324 g/mol. The minimum atomic E-state index is -0.376. The first-order chi connectivity index (χ1) is 11.9. The van der Waals surface area contributed by atoms with Gasteiger partial charge in [0.2, 0.25) is 0 Å². The van der Waals surface area contributed by atoms with Gasteiger partial charge in [0.15, 0.2) is 12.4 Å². The maximum atomic E-state index is 12.1. The Hall–Kier alpha value is -3.22. The highest BCUT2D eigenvalue weighted by Gasteiger charge is 2.11. The second-order valence-electron chi connectivity index (χ2n) is 5.21. The minimum absolute atomic E-state index is 0.0948. The van der Waals surface area contributed by atoms with Crippen LogP contribution in [0, 0.1) is 0 Å². The molecule has 0 radical (unpaired) electrons. The number of benzene rings is 2. The van der Waals surface area contributed by atoms with Gasteiger partial charge in [-0.2, -0.15) is 0 Å². The number of methoxy groups -OCH3 is 2. The number of hydrogen-bond acceptors (Lipinski definition) is 6. The van der Waals surface area contributed by atoms with Gasteiger partial charge in [0.05, 0.1) is 25.6 Å². The van der Waals surface area contributed by atoms with Crippen molar-refractivity contribution in [3.05, 3.63) is 42.0 Å². The molecule has 0 aliphatic carbocycles. The van der Waals surface area contributed by atoms with Crippen molar-refractivity contribution < 1.29 is 23.8 Å². The van der Waals surface area contributed by atoms with Crippen molar-refractivity contribution in [2.24, 2.45) is 0 Å². The zero-order valence-corrected chi connectivity index (χ0v) is 14.3. The third-order valence-corrected chi connectivity index (χ3v) is 3.46. The standard InChI is InChI=1S/C18H20N2O5/c1-11(21)12-4-7-16(14(19)8-12)25-10-18(22)20-15-6-5-13(23-2)9-17(15)24-3/h4-9H,10,19H2,1-3H3,(H,20,22). The van der Waals surface area contributed by atoms with E-state index in [9.17, 15) is 9.59 Å². The second-order valence-corrected chi connectivity index (χ2v) is 5.21. The largest absolute Gasteiger partial charge is 0.497 e. The molecule has 0 fully saturated rings. The molecule has 0 aliphatic rings. The molecular formula is C18H20N2O5. The molecule has 0 heterocycles. The Morgan fingerprint density at radius 1 is 1.04 bits per heavy atom. The molecule has 1 amide bonds. The van der Waals surface area contributed by atoms with Gasteiger partial charge >= 0.3 is 0 Å². The zero-order chi connectivity index (χ0) is 18.4. The summed E-state index contributed by atoms with van der Waals surface area (Å²) in [5.74, 6) is 0.949. The van der Waals surface area contributed by atoms with Crippen LogP contribution in [-0.4, -0.2) is 32.5 Å². The average molecular weight is 344 g/mol. The number of carbonyl (C=O) groups excluding carboxylic acids is 2. The number of anilines is 2. The number of Topliss-reactive ketones (excluding diaryl/α,β-unsaturated/α-hetero) is 1. The molecule has 2 rings (SSSR count). The summed E-state index contributed by atoms with van der Waals surface area (Å²) < 4.78 is 15.7. The lowest BCUT2D eigenvalue weighted by atomic mass is 10.1. The van der Waals surface area contributed by atoms with Crippen LogP contribution in [0.4, 0.5) is 11.4 Å². The van der Waals surface area contributed by atoms with Gasteiger partial charge in [0.1, 0.15) is 17.2 Å². The fourth-order valence-corrected chi connectivity index (χ4v) is 2.13. The average Bonchev–Trinajstić information content (AvgIpc) is 2.60. The molecule has 0 saturated carbocycles. The fraction of sp³-hybridized carbons (Fsp3) is 0.222. The number of rotatable bonds is 7. The summed E-state index contributed by atoms with van der Waals surface area (Å²) in [6, 6.07) is 9.71. The summed E-state index contributed by atoms with van der Waals surface area (Å²) in [5, 5.41) is 2.69. The van der Waals surface area contributed by atoms with E-state index in [0.29, 0.717) is 34.2 Å². The molecule has 25 heavy (non-hydrogen) atoms. The molecule has 3 N–H and O–H groups in total. The van der Waals surface area contributed by atoms with Crippen molar-refractivity contribution in [3.8, 4) is 17.2 Å². The van der Waals surface area contributed by atoms with Crippen LogP contribution in [0.5, 0.6) is 17.2 Å². The molecule has 7 heteroatoms. The van der Waals surface area contributed by atoms with Crippen LogP contribution < -0.4 is 25.3 Å². The quantitative estimate of drug-likeness (QED) is 0.591. The van der Waals surface area contributed by atoms with Crippen molar-refractivity contribution in [1.82, 2.24) is 0 Å². The van der Waals surface area contributed by atoms with Crippen LogP contribution in [0.1, 0.15) is 17.3 Å². The monoisotopic (exact) mass is 344 g/mol. The topological polar surface area (TPSA) is 99.9 Å². The Balaban J connectivity index is 2.00. The lowest BCUT2D eigenvalue weighted by Gasteiger charge is -2.13. The smallest absolute Gasteiger partial charge is 0.262 e. The third-order valence-electron chi connectivity index (χ3n) is 3.46. The van der Waals surface area contributed by atoms with Crippen LogP contribution in [0.3, 0.4) is 0 Å². The normalized spacial score (nSPS) is 10.0. The van der Waals surface area contributed by atoms with Gasteiger partial charge in [-0.05, 0) is 37.3 Å². The number of nitrogens with two attached hydrogens (primary N) is 1. The number of ketones is 1. The number of ether oxygens (including phenoxy) is 3. The van der Waals surface area contributed by atoms with E-state index in [-0.39, 0.29) is 18.3 Å². The van der Waals surface area contributed by atoms with E-state index >= 15 is 0 Å². The van der Waals surface area contributed by atoms with Gasteiger partial charge in [0, 0.05) is 11.6 Å². The summed E-state index contributed by atoms with van der Waals surface area (Å²) in [6.45, 7) is 1.21. The molecule has 0 aliphatic heterocycles. The van der Waals surface area contributed by atoms with Crippen molar-refractivity contribution in [1.29, 1.82) is 0 Å². The summed E-state index contributed by atoms with van der Waals surface area (Å²) in [7, 11) is 3.04. The number of amides is 1. The zero-order valence-electron chi connectivity index (χ0n) is 14.3. The third kappa shape index (κ3) is 4.63. The first-order valence-corrected chi connectivity index (χ1v) is 7.49. The van der Waals surface area contributed by atoms with Gasteiger partial charge in [-0.3, -0.25) is 9.59 Å². The highest BCUT2D eigenvalue weighted by Crippen LogP contribution is 2.29. The maximum absolute atomic E-state index is 12.1. The van der Waals surface area contributed by atoms with Crippen LogP contribution in [0.2, 0.25) is 0 Å². The van der Waals surface area contributed by atoms with Crippen LogP contribution >= 0.6 is 0 Å². The van der Waals surface area contributed by atoms with Crippen molar-refractivity contribution in [2.75, 3.05) is 31.9 Å². The van der Waals surface area contributed by atoms with Crippen LogP contribution in [-0.2, 0) is 4.79 Å². The van der Waals surface area contributed by atoms with E-state index in [0.717, 1.165) is 0 Å². The predicted molar refractivity (Wildman–Crippen MR) is 94.5 cm³/mol. The Morgan fingerprint density at radius 2 is 1.80 bits per heavy atom. The Kier molecular flexibility index (Phi) is 5.84. The molecule has 2 aromatic rings. The Bertz CT molecular complexity index is 789. The number of nitrogen functional groups attached to an aromatic ring is 1. The van der Waals surface area contributed by atoms with Gasteiger partial charge in [0.25, 0.3) is 5.91 Å². The fourth-order valence-electron chi connectivity index (χ4n) is 2.13. The van der Waals surface area contributed by atoms with Crippen molar-refractivity contribution in [2.45, 2.75) is 6.92 Å². The van der Waals surface area contributed by atoms with Crippen molar-refractivity contribution in [3.63, 3.8) is 0 Å². The Labute approximate surface area is 145 Å². The number of hydrogen-bond donors (Lipinski definition) is 2. The van der Waals surface area contributed by atoms with Gasteiger partial charge < -0.3 is 25.3 Å². The van der Waals surface area contributed by atoms with E-state index in [1.165, 1.54) is 20.1 Å². The number of nitrogens with one attached hydrogen (secondary N) is 1. The SMILES string of the molecule is COc1ccc(NC(=O)COc2ccc(C(C)=O)cc2N)c(OC)c1. The van der Waals surface area contributed by atoms with Crippen LogP contribution in [0.25, 0.3) is 0 Å². The lowest BCUT2D eigenvalue weighted by molar-refractivity contribution is -0.118. The molecule has 0 aromatic heterocycles. The first kappa shape index (κ1) is 18.1. The molecule has 7 nitrogen and oxygen atoms in total. The van der Waals surface area contributed by atoms with Crippen molar-refractivity contribution >= 4 is 23.1 Å². The first-order valence-electron chi connectivity index (χ1n) is 7.49. The second kappa shape index (κ2) is 8.05. The minimum Gasteiger partial charge on any atom is -0.497 e. The highest BCUT2D eigenvalue weighted by atomic mass is 16.5. The Morgan fingerprint density at radius 3 is 2.40 bits per heavy atom. The maximum Gasteiger partial charge on any atom is 0.262 e. The van der Waals surface area contributed by atoms with Gasteiger partial charge in [-0.1, -0.05) is 0 Å². The summed E-state index contributed by atoms with van der Waals surface area (Å²) in [4.78, 5) is 23.4. The molecule has 0 atom stereocenters. The summed E-state index contributed by atoms with van der Waals surface area (Å²) in [5.41, 5.74) is 7.11. The van der Waals surface area contributed by atoms with Gasteiger partial charge in [-0.25, -0.2) is 0 Å². The van der Waals surface area contributed by atoms with Crippen LogP contribution in [0.15, 0.2) is 36.4 Å². The van der Waals surface area contributed by atoms with E-state index < -0.39 is 0 Å².